The van der Waals surface area contributed by atoms with E-state index in [2.05, 4.69) is 44.3 Å². The summed E-state index contributed by atoms with van der Waals surface area (Å²) in [5.74, 6) is -0.279. The number of hydrogen-bond acceptors (Lipinski definition) is 6. The Hall–Kier alpha value is -3.04. The fraction of sp³-hybridized carbons (Fsp3) is 0.391. The molecule has 0 spiro atoms. The largest absolute Gasteiger partial charge is 0.379 e. The Morgan fingerprint density at radius 3 is 2.50 bits per heavy atom. The molecule has 0 amide bonds. The molecule has 0 bridgehead atoms. The Bertz CT molecular complexity index is 1070. The number of aromatic nitrogens is 3. The van der Waals surface area contributed by atoms with Crippen molar-refractivity contribution in [2.24, 2.45) is 5.92 Å². The number of aryl methyl sites for hydroxylation is 1. The molecule has 9 heteroatoms. The van der Waals surface area contributed by atoms with Crippen LogP contribution in [0.1, 0.15) is 5.56 Å². The van der Waals surface area contributed by atoms with Crippen LogP contribution in [0.4, 0.5) is 26.1 Å². The third-order valence-electron chi connectivity index (χ3n) is 5.86. The first kappa shape index (κ1) is 20.8. The van der Waals surface area contributed by atoms with Crippen molar-refractivity contribution in [3.8, 4) is 5.69 Å². The first-order valence-electron chi connectivity index (χ1n) is 10.8. The van der Waals surface area contributed by atoms with Gasteiger partial charge in [0.25, 0.3) is 0 Å². The summed E-state index contributed by atoms with van der Waals surface area (Å²) in [5, 5.41) is 7.51. The third-order valence-corrected chi connectivity index (χ3v) is 5.86. The summed E-state index contributed by atoms with van der Waals surface area (Å²) in [6, 6.07) is 9.54. The van der Waals surface area contributed by atoms with Gasteiger partial charge in [-0.1, -0.05) is 0 Å². The van der Waals surface area contributed by atoms with Gasteiger partial charge in [-0.3, -0.25) is 4.90 Å². The summed E-state index contributed by atoms with van der Waals surface area (Å²) < 4.78 is 33.8. The minimum Gasteiger partial charge on any atom is -0.379 e. The SMILES string of the molecule is Cc1cc(Nc2ncn(-c3cc(F)cc(F)c3)n2)cc(N2CC(CN3CCOCC3)C2)c1. The van der Waals surface area contributed by atoms with Gasteiger partial charge in [-0.15, -0.1) is 5.10 Å². The van der Waals surface area contributed by atoms with E-state index in [1.807, 2.05) is 6.07 Å². The molecule has 2 aliphatic rings. The van der Waals surface area contributed by atoms with Gasteiger partial charge in [0.1, 0.15) is 18.0 Å². The van der Waals surface area contributed by atoms with Gasteiger partial charge in [0.05, 0.1) is 18.9 Å². The maximum Gasteiger partial charge on any atom is 0.246 e. The quantitative estimate of drug-likeness (QED) is 0.634. The molecule has 7 nitrogen and oxygen atoms in total. The number of hydrogen-bond donors (Lipinski definition) is 1. The lowest BCUT2D eigenvalue weighted by Gasteiger charge is -2.44. The number of nitrogens with one attached hydrogen (secondary N) is 1. The predicted molar refractivity (Wildman–Crippen MR) is 119 cm³/mol. The maximum absolute atomic E-state index is 13.5. The Labute approximate surface area is 185 Å². The van der Waals surface area contributed by atoms with Gasteiger partial charge in [0.15, 0.2) is 0 Å². The van der Waals surface area contributed by atoms with E-state index in [1.165, 1.54) is 23.1 Å². The highest BCUT2D eigenvalue weighted by atomic mass is 19.1. The Morgan fingerprint density at radius 2 is 1.75 bits per heavy atom. The molecular formula is C23H26F2N6O. The van der Waals surface area contributed by atoms with Crippen LogP contribution < -0.4 is 10.2 Å². The van der Waals surface area contributed by atoms with Crippen molar-refractivity contribution in [3.05, 3.63) is 59.9 Å². The summed E-state index contributed by atoms with van der Waals surface area (Å²) in [6.07, 6.45) is 1.43. The van der Waals surface area contributed by atoms with E-state index in [9.17, 15) is 8.78 Å². The van der Waals surface area contributed by atoms with Gasteiger partial charge in [0, 0.05) is 56.1 Å². The van der Waals surface area contributed by atoms with E-state index in [-0.39, 0.29) is 5.69 Å². The fourth-order valence-corrected chi connectivity index (χ4v) is 4.31. The Balaban J connectivity index is 1.23. The van der Waals surface area contributed by atoms with E-state index in [0.29, 0.717) is 11.9 Å². The van der Waals surface area contributed by atoms with Gasteiger partial charge in [-0.25, -0.2) is 13.5 Å². The molecule has 0 aliphatic carbocycles. The van der Waals surface area contributed by atoms with Gasteiger partial charge >= 0.3 is 0 Å². The smallest absolute Gasteiger partial charge is 0.246 e. The van der Waals surface area contributed by atoms with Crippen LogP contribution in [0, 0.1) is 24.5 Å². The maximum atomic E-state index is 13.5. The van der Waals surface area contributed by atoms with E-state index < -0.39 is 11.6 Å². The van der Waals surface area contributed by atoms with Crippen molar-refractivity contribution >= 4 is 17.3 Å². The second-order valence-electron chi connectivity index (χ2n) is 8.51. The number of benzene rings is 2. The van der Waals surface area contributed by atoms with Crippen LogP contribution in [0.15, 0.2) is 42.7 Å². The molecule has 2 aliphatic heterocycles. The van der Waals surface area contributed by atoms with Crippen molar-refractivity contribution in [1.82, 2.24) is 19.7 Å². The molecule has 0 atom stereocenters. The summed E-state index contributed by atoms with van der Waals surface area (Å²) in [6.45, 7) is 8.98. The molecule has 2 fully saturated rings. The Kier molecular flexibility index (Phi) is 5.75. The molecular weight excluding hydrogens is 414 g/mol. The second-order valence-corrected chi connectivity index (χ2v) is 8.51. The van der Waals surface area contributed by atoms with Gasteiger partial charge in [-0.05, 0) is 42.8 Å². The van der Waals surface area contributed by atoms with E-state index in [0.717, 1.165) is 68.9 Å². The van der Waals surface area contributed by atoms with Crippen LogP contribution >= 0.6 is 0 Å². The molecule has 1 aromatic heterocycles. The van der Waals surface area contributed by atoms with Gasteiger partial charge in [0.2, 0.25) is 5.95 Å². The van der Waals surface area contributed by atoms with Crippen LogP contribution in [-0.4, -0.2) is 65.6 Å². The molecule has 0 unspecified atom stereocenters. The number of morpholine rings is 1. The average Bonchev–Trinajstić information content (AvgIpc) is 3.18. The highest BCUT2D eigenvalue weighted by Crippen LogP contribution is 2.30. The summed E-state index contributed by atoms with van der Waals surface area (Å²) in [7, 11) is 0. The molecule has 2 aromatic carbocycles. The molecule has 1 N–H and O–H groups in total. The van der Waals surface area contributed by atoms with Crippen molar-refractivity contribution in [2.45, 2.75) is 6.92 Å². The zero-order valence-corrected chi connectivity index (χ0v) is 18.0. The molecule has 0 saturated carbocycles. The standard InChI is InChI=1S/C23H26F2N6O/c1-16-6-20(27-23-26-15-31(28-23)22-9-18(24)8-19(25)10-22)11-21(7-16)30-13-17(14-30)12-29-2-4-32-5-3-29/h6-11,15,17H,2-5,12-14H2,1H3,(H,27,28). The minimum absolute atomic E-state index is 0.278. The van der Waals surface area contributed by atoms with Crippen LogP contribution in [0.25, 0.3) is 5.69 Å². The molecule has 5 rings (SSSR count). The molecule has 3 aromatic rings. The first-order valence-corrected chi connectivity index (χ1v) is 10.8. The van der Waals surface area contributed by atoms with Crippen molar-refractivity contribution < 1.29 is 13.5 Å². The molecule has 32 heavy (non-hydrogen) atoms. The van der Waals surface area contributed by atoms with Crippen LogP contribution in [0.3, 0.4) is 0 Å². The zero-order chi connectivity index (χ0) is 22.1. The van der Waals surface area contributed by atoms with Crippen LogP contribution in [-0.2, 0) is 4.74 Å². The van der Waals surface area contributed by atoms with Crippen LogP contribution in [0.2, 0.25) is 0 Å². The number of rotatable bonds is 6. The van der Waals surface area contributed by atoms with Crippen molar-refractivity contribution in [3.63, 3.8) is 0 Å². The molecule has 0 radical (unpaired) electrons. The topological polar surface area (TPSA) is 58.5 Å². The number of nitrogens with zero attached hydrogens (tertiary/aromatic N) is 5. The van der Waals surface area contributed by atoms with Crippen LogP contribution in [0.5, 0.6) is 0 Å². The third kappa shape index (κ3) is 4.73. The predicted octanol–water partition coefficient (Wildman–Crippen LogP) is 3.37. The number of ether oxygens (including phenoxy) is 1. The fourth-order valence-electron chi connectivity index (χ4n) is 4.31. The van der Waals surface area contributed by atoms with Gasteiger partial charge in [-0.2, -0.15) is 4.98 Å². The average molecular weight is 440 g/mol. The van der Waals surface area contributed by atoms with E-state index >= 15 is 0 Å². The monoisotopic (exact) mass is 440 g/mol. The lowest BCUT2D eigenvalue weighted by Crippen LogP contribution is -2.53. The number of anilines is 3. The van der Waals surface area contributed by atoms with E-state index in [1.54, 1.807) is 0 Å². The lowest BCUT2D eigenvalue weighted by molar-refractivity contribution is 0.0286. The minimum atomic E-state index is -0.658. The highest BCUT2D eigenvalue weighted by molar-refractivity contribution is 5.64. The molecule has 3 heterocycles. The van der Waals surface area contributed by atoms with Crippen molar-refractivity contribution in [2.75, 3.05) is 56.2 Å². The normalized spacial score (nSPS) is 17.4. The summed E-state index contributed by atoms with van der Waals surface area (Å²) in [4.78, 5) is 9.10. The molecule has 168 valence electrons. The summed E-state index contributed by atoms with van der Waals surface area (Å²) >= 11 is 0. The summed E-state index contributed by atoms with van der Waals surface area (Å²) in [5.41, 5.74) is 3.45. The van der Waals surface area contributed by atoms with E-state index in [4.69, 9.17) is 4.74 Å². The second kappa shape index (κ2) is 8.84. The first-order chi connectivity index (χ1) is 15.5. The lowest BCUT2D eigenvalue weighted by atomic mass is 9.97. The Morgan fingerprint density at radius 1 is 1.00 bits per heavy atom. The highest BCUT2D eigenvalue weighted by Gasteiger charge is 2.29. The van der Waals surface area contributed by atoms with Gasteiger partial charge < -0.3 is 15.0 Å². The number of halogens is 2. The molecule has 2 saturated heterocycles. The van der Waals surface area contributed by atoms with Crippen molar-refractivity contribution in [1.29, 1.82) is 0 Å². The zero-order valence-electron chi connectivity index (χ0n) is 18.0.